The minimum absolute atomic E-state index is 1.07. The largest absolute Gasteiger partial charge is 0.253 e. The van der Waals surface area contributed by atoms with E-state index in [0.29, 0.717) is 0 Å². The Morgan fingerprint density at radius 1 is 1.31 bits per heavy atom. The van der Waals surface area contributed by atoms with Gasteiger partial charge < -0.3 is 0 Å². The number of hydrogen-bond acceptors (Lipinski definition) is 1. The molecule has 1 heteroatoms. The van der Waals surface area contributed by atoms with Crippen LogP contribution >= 0.6 is 0 Å². The van der Waals surface area contributed by atoms with Crippen LogP contribution in [-0.2, 0) is 0 Å². The van der Waals surface area contributed by atoms with Crippen LogP contribution in [0.2, 0.25) is 0 Å². The SMILES string of the molecule is Cc1cccc(N=C2C=CCC2)c1. The second-order valence-electron chi connectivity index (χ2n) is 3.38. The molecular weight excluding hydrogens is 158 g/mol. The lowest BCUT2D eigenvalue weighted by Gasteiger charge is -1.97. The first-order chi connectivity index (χ1) is 6.34. The standard InChI is InChI=1S/C12H13N/c1-10-5-4-8-12(9-10)13-11-6-2-3-7-11/h2,4-6,8-9H,3,7H2,1H3. The summed E-state index contributed by atoms with van der Waals surface area (Å²) >= 11 is 0. The van der Waals surface area contributed by atoms with Crippen LogP contribution in [0.3, 0.4) is 0 Å². The van der Waals surface area contributed by atoms with E-state index >= 15 is 0 Å². The van der Waals surface area contributed by atoms with Gasteiger partial charge in [-0.25, -0.2) is 0 Å². The Kier molecular flexibility index (Phi) is 2.26. The summed E-state index contributed by atoms with van der Waals surface area (Å²) < 4.78 is 0. The van der Waals surface area contributed by atoms with E-state index in [2.05, 4.69) is 36.2 Å². The van der Waals surface area contributed by atoms with Gasteiger partial charge in [-0.05, 0) is 43.5 Å². The predicted molar refractivity (Wildman–Crippen MR) is 56.6 cm³/mol. The summed E-state index contributed by atoms with van der Waals surface area (Å²) in [5, 5.41) is 0. The van der Waals surface area contributed by atoms with Crippen LogP contribution < -0.4 is 0 Å². The molecule has 0 unspecified atom stereocenters. The molecule has 2 rings (SSSR count). The average Bonchev–Trinajstić information content (AvgIpc) is 2.57. The van der Waals surface area contributed by atoms with Gasteiger partial charge in [0.15, 0.2) is 0 Å². The zero-order chi connectivity index (χ0) is 9.10. The third kappa shape index (κ3) is 2.05. The lowest BCUT2D eigenvalue weighted by atomic mass is 10.2. The first kappa shape index (κ1) is 8.24. The van der Waals surface area contributed by atoms with Crippen molar-refractivity contribution in [1.82, 2.24) is 0 Å². The lowest BCUT2D eigenvalue weighted by Crippen LogP contribution is -1.84. The van der Waals surface area contributed by atoms with Gasteiger partial charge in [0, 0.05) is 5.71 Å². The molecule has 0 aliphatic heterocycles. The van der Waals surface area contributed by atoms with Gasteiger partial charge in [0.05, 0.1) is 5.69 Å². The molecular formula is C12H13N. The maximum absolute atomic E-state index is 4.55. The van der Waals surface area contributed by atoms with Gasteiger partial charge in [-0.1, -0.05) is 18.2 Å². The highest BCUT2D eigenvalue weighted by Crippen LogP contribution is 2.16. The molecule has 1 aromatic carbocycles. The van der Waals surface area contributed by atoms with Crippen LogP contribution in [0.4, 0.5) is 5.69 Å². The highest BCUT2D eigenvalue weighted by Gasteiger charge is 2.00. The Hall–Kier alpha value is -1.37. The summed E-state index contributed by atoms with van der Waals surface area (Å²) in [6.07, 6.45) is 6.52. The fourth-order valence-corrected chi connectivity index (χ4v) is 1.49. The lowest BCUT2D eigenvalue weighted by molar-refractivity contribution is 1.14. The second kappa shape index (κ2) is 3.56. The van der Waals surface area contributed by atoms with E-state index in [1.165, 1.54) is 11.3 Å². The van der Waals surface area contributed by atoms with Crippen LogP contribution in [0.25, 0.3) is 0 Å². The van der Waals surface area contributed by atoms with E-state index in [1.807, 2.05) is 12.1 Å². The van der Waals surface area contributed by atoms with E-state index in [9.17, 15) is 0 Å². The highest BCUT2D eigenvalue weighted by atomic mass is 14.7. The van der Waals surface area contributed by atoms with Gasteiger partial charge >= 0.3 is 0 Å². The van der Waals surface area contributed by atoms with Gasteiger partial charge in [0.2, 0.25) is 0 Å². The van der Waals surface area contributed by atoms with Gasteiger partial charge in [0.1, 0.15) is 0 Å². The molecule has 66 valence electrons. The minimum Gasteiger partial charge on any atom is -0.253 e. The van der Waals surface area contributed by atoms with Gasteiger partial charge in [0.25, 0.3) is 0 Å². The van der Waals surface area contributed by atoms with Crippen LogP contribution in [0.15, 0.2) is 41.4 Å². The molecule has 0 atom stereocenters. The van der Waals surface area contributed by atoms with Gasteiger partial charge in [-0.15, -0.1) is 0 Å². The number of aliphatic imine (C=N–C) groups is 1. The molecule has 0 amide bonds. The van der Waals surface area contributed by atoms with E-state index in [-0.39, 0.29) is 0 Å². The summed E-state index contributed by atoms with van der Waals surface area (Å²) in [5.74, 6) is 0. The quantitative estimate of drug-likeness (QED) is 0.614. The van der Waals surface area contributed by atoms with Crippen molar-refractivity contribution in [2.24, 2.45) is 4.99 Å². The maximum atomic E-state index is 4.55. The maximum Gasteiger partial charge on any atom is 0.0635 e. The third-order valence-corrected chi connectivity index (χ3v) is 2.15. The average molecular weight is 171 g/mol. The number of hydrogen-bond donors (Lipinski definition) is 0. The normalized spacial score (nSPS) is 18.4. The van der Waals surface area contributed by atoms with Gasteiger partial charge in [-0.2, -0.15) is 0 Å². The Labute approximate surface area is 78.8 Å². The Morgan fingerprint density at radius 2 is 2.23 bits per heavy atom. The number of nitrogens with zero attached hydrogens (tertiary/aromatic N) is 1. The van der Waals surface area contributed by atoms with Crippen LogP contribution in [-0.4, -0.2) is 5.71 Å². The van der Waals surface area contributed by atoms with Gasteiger partial charge in [-0.3, -0.25) is 4.99 Å². The summed E-state index contributed by atoms with van der Waals surface area (Å²) in [7, 11) is 0. The summed E-state index contributed by atoms with van der Waals surface area (Å²) in [6, 6.07) is 8.30. The van der Waals surface area contributed by atoms with E-state index in [1.54, 1.807) is 0 Å². The monoisotopic (exact) mass is 171 g/mol. The molecule has 0 saturated heterocycles. The van der Waals surface area contributed by atoms with Crippen molar-refractivity contribution in [3.8, 4) is 0 Å². The molecule has 0 N–H and O–H groups in total. The van der Waals surface area contributed by atoms with Crippen molar-refractivity contribution < 1.29 is 0 Å². The van der Waals surface area contributed by atoms with E-state index in [0.717, 1.165) is 18.5 Å². The topological polar surface area (TPSA) is 12.4 Å². The molecule has 13 heavy (non-hydrogen) atoms. The van der Waals surface area contributed by atoms with Crippen LogP contribution in [0, 0.1) is 6.92 Å². The van der Waals surface area contributed by atoms with Crippen molar-refractivity contribution in [3.63, 3.8) is 0 Å². The molecule has 1 aromatic rings. The van der Waals surface area contributed by atoms with Crippen molar-refractivity contribution >= 4 is 11.4 Å². The fourth-order valence-electron chi connectivity index (χ4n) is 1.49. The molecule has 1 aliphatic rings. The fraction of sp³-hybridized carbons (Fsp3) is 0.250. The zero-order valence-electron chi connectivity index (χ0n) is 7.83. The molecule has 0 fully saturated rings. The predicted octanol–water partition coefficient (Wildman–Crippen LogP) is 3.42. The summed E-state index contributed by atoms with van der Waals surface area (Å²) in [6.45, 7) is 2.09. The molecule has 1 nitrogen and oxygen atoms in total. The third-order valence-electron chi connectivity index (χ3n) is 2.15. The molecule has 0 radical (unpaired) electrons. The Bertz CT molecular complexity index is 361. The first-order valence-corrected chi connectivity index (χ1v) is 4.65. The van der Waals surface area contributed by atoms with Crippen LogP contribution in [0.1, 0.15) is 18.4 Å². The molecule has 0 spiro atoms. The van der Waals surface area contributed by atoms with Crippen molar-refractivity contribution in [2.75, 3.05) is 0 Å². The molecule has 0 heterocycles. The smallest absolute Gasteiger partial charge is 0.0635 e. The summed E-state index contributed by atoms with van der Waals surface area (Å²) in [5.41, 5.74) is 3.54. The Balaban J connectivity index is 2.26. The number of benzene rings is 1. The Morgan fingerprint density at radius 3 is 2.92 bits per heavy atom. The first-order valence-electron chi connectivity index (χ1n) is 4.65. The van der Waals surface area contributed by atoms with Crippen molar-refractivity contribution in [3.05, 3.63) is 42.0 Å². The molecule has 0 bridgehead atoms. The van der Waals surface area contributed by atoms with Crippen molar-refractivity contribution in [1.29, 1.82) is 0 Å². The van der Waals surface area contributed by atoms with Crippen LogP contribution in [0.5, 0.6) is 0 Å². The molecule has 1 aliphatic carbocycles. The highest BCUT2D eigenvalue weighted by molar-refractivity contribution is 5.98. The summed E-state index contributed by atoms with van der Waals surface area (Å²) in [4.78, 5) is 4.55. The molecule has 0 aromatic heterocycles. The second-order valence-corrected chi connectivity index (χ2v) is 3.38. The number of allylic oxidation sites excluding steroid dienone is 2. The van der Waals surface area contributed by atoms with Crippen molar-refractivity contribution in [2.45, 2.75) is 19.8 Å². The van der Waals surface area contributed by atoms with E-state index < -0.39 is 0 Å². The molecule has 0 saturated carbocycles. The number of aryl methyl sites for hydroxylation is 1. The van der Waals surface area contributed by atoms with E-state index in [4.69, 9.17) is 0 Å². The zero-order valence-corrected chi connectivity index (χ0v) is 7.83. The number of rotatable bonds is 1. The minimum atomic E-state index is 1.07.